The zero-order valence-corrected chi connectivity index (χ0v) is 9.68. The van der Waals surface area contributed by atoms with Gasteiger partial charge in [-0.1, -0.05) is 23.2 Å². The van der Waals surface area contributed by atoms with E-state index >= 15 is 0 Å². The minimum Gasteiger partial charge on any atom is -0.337 e. The number of nitrogens with zero attached hydrogens (tertiary/aromatic N) is 1. The third-order valence-electron chi connectivity index (χ3n) is 2.17. The van der Waals surface area contributed by atoms with Gasteiger partial charge in [-0.25, -0.2) is 9.69 Å². The van der Waals surface area contributed by atoms with E-state index in [1.165, 1.54) is 12.1 Å². The topological polar surface area (TPSA) is 49.4 Å². The highest BCUT2D eigenvalue weighted by Crippen LogP contribution is 2.26. The smallest absolute Gasteiger partial charge is 0.328 e. The van der Waals surface area contributed by atoms with Crippen LogP contribution in [0.2, 0.25) is 10.0 Å². The Morgan fingerprint density at radius 2 is 1.75 bits per heavy atom. The highest BCUT2D eigenvalue weighted by molar-refractivity contribution is 6.35. The highest BCUT2D eigenvalue weighted by atomic mass is 35.5. The Hall–Kier alpha value is -1.26. The summed E-state index contributed by atoms with van der Waals surface area (Å²) >= 11 is 11.6. The summed E-state index contributed by atoms with van der Waals surface area (Å²) in [6.45, 7) is 0.364. The van der Waals surface area contributed by atoms with Crippen LogP contribution in [0.15, 0.2) is 18.2 Å². The molecule has 1 fully saturated rings. The SMILES string of the molecule is O=C1CCNC(=O)N1c1cc(Cl)cc(Cl)c1. The molecule has 6 heteroatoms. The van der Waals surface area contributed by atoms with Crippen molar-refractivity contribution in [3.63, 3.8) is 0 Å². The number of amides is 3. The Bertz CT molecular complexity index is 426. The van der Waals surface area contributed by atoms with Crippen molar-refractivity contribution in [2.24, 2.45) is 0 Å². The molecule has 1 aromatic carbocycles. The van der Waals surface area contributed by atoms with E-state index in [4.69, 9.17) is 23.2 Å². The molecular weight excluding hydrogens is 251 g/mol. The summed E-state index contributed by atoms with van der Waals surface area (Å²) in [6, 6.07) is 4.14. The van der Waals surface area contributed by atoms with Crippen molar-refractivity contribution in [1.29, 1.82) is 0 Å². The maximum atomic E-state index is 11.6. The zero-order chi connectivity index (χ0) is 11.7. The lowest BCUT2D eigenvalue weighted by Gasteiger charge is -2.25. The van der Waals surface area contributed by atoms with Gasteiger partial charge in [-0.05, 0) is 18.2 Å². The Morgan fingerprint density at radius 1 is 1.12 bits per heavy atom. The van der Waals surface area contributed by atoms with Crippen LogP contribution in [0.5, 0.6) is 0 Å². The number of imide groups is 1. The van der Waals surface area contributed by atoms with Crippen molar-refractivity contribution >= 4 is 40.8 Å². The number of carbonyl (C=O) groups excluding carboxylic acids is 2. The van der Waals surface area contributed by atoms with Gasteiger partial charge in [0.1, 0.15) is 0 Å². The Labute approximate surface area is 102 Å². The summed E-state index contributed by atoms with van der Waals surface area (Å²) in [5.74, 6) is -0.262. The van der Waals surface area contributed by atoms with Crippen LogP contribution in [0.1, 0.15) is 6.42 Å². The van der Waals surface area contributed by atoms with Crippen LogP contribution in [0, 0.1) is 0 Å². The van der Waals surface area contributed by atoms with Gasteiger partial charge in [0.25, 0.3) is 0 Å². The van der Waals surface area contributed by atoms with Gasteiger partial charge >= 0.3 is 6.03 Å². The van der Waals surface area contributed by atoms with Crippen molar-refractivity contribution < 1.29 is 9.59 Å². The second-order valence-corrected chi connectivity index (χ2v) is 4.21. The van der Waals surface area contributed by atoms with Gasteiger partial charge in [0.05, 0.1) is 5.69 Å². The molecule has 16 heavy (non-hydrogen) atoms. The molecule has 0 atom stereocenters. The first-order valence-corrected chi connectivity index (χ1v) is 5.40. The van der Waals surface area contributed by atoms with Crippen molar-refractivity contribution in [1.82, 2.24) is 5.32 Å². The fourth-order valence-electron chi connectivity index (χ4n) is 1.51. The van der Waals surface area contributed by atoms with Gasteiger partial charge in [-0.15, -0.1) is 0 Å². The fraction of sp³-hybridized carbons (Fsp3) is 0.200. The summed E-state index contributed by atoms with van der Waals surface area (Å²) in [4.78, 5) is 24.2. The molecule has 4 nitrogen and oxygen atoms in total. The van der Waals surface area contributed by atoms with Crippen molar-refractivity contribution in [2.75, 3.05) is 11.4 Å². The molecule has 0 saturated carbocycles. The highest BCUT2D eigenvalue weighted by Gasteiger charge is 2.27. The van der Waals surface area contributed by atoms with Gasteiger partial charge in [0, 0.05) is 23.0 Å². The summed E-state index contributed by atoms with van der Waals surface area (Å²) < 4.78 is 0. The van der Waals surface area contributed by atoms with Gasteiger partial charge in [-0.2, -0.15) is 0 Å². The van der Waals surface area contributed by atoms with Crippen molar-refractivity contribution in [3.05, 3.63) is 28.2 Å². The second-order valence-electron chi connectivity index (χ2n) is 3.34. The van der Waals surface area contributed by atoms with E-state index < -0.39 is 6.03 Å². The van der Waals surface area contributed by atoms with E-state index in [1.807, 2.05) is 0 Å². The number of anilines is 1. The maximum Gasteiger partial charge on any atom is 0.328 e. The molecular formula is C10H8Cl2N2O2. The standard InChI is InChI=1S/C10H8Cl2N2O2/c11-6-3-7(12)5-8(4-6)14-9(15)1-2-13-10(14)16/h3-5H,1-2H2,(H,13,16). The number of benzene rings is 1. The maximum absolute atomic E-state index is 11.6. The van der Waals surface area contributed by atoms with Gasteiger partial charge in [-0.3, -0.25) is 4.79 Å². The molecule has 3 amide bonds. The van der Waals surface area contributed by atoms with Crippen LogP contribution in [0.4, 0.5) is 10.5 Å². The Kier molecular flexibility index (Phi) is 3.03. The monoisotopic (exact) mass is 258 g/mol. The molecule has 0 spiro atoms. The number of carbonyl (C=O) groups is 2. The average molecular weight is 259 g/mol. The number of hydrogen-bond acceptors (Lipinski definition) is 2. The predicted octanol–water partition coefficient (Wildman–Crippen LogP) is 2.44. The number of rotatable bonds is 1. The summed E-state index contributed by atoms with van der Waals surface area (Å²) in [6.07, 6.45) is 0.274. The van der Waals surface area contributed by atoms with Crippen LogP contribution < -0.4 is 10.2 Å². The fourth-order valence-corrected chi connectivity index (χ4v) is 2.02. The normalized spacial score (nSPS) is 16.2. The Morgan fingerprint density at radius 3 is 2.31 bits per heavy atom. The molecule has 1 heterocycles. The van der Waals surface area contributed by atoms with Crippen LogP contribution >= 0.6 is 23.2 Å². The lowest BCUT2D eigenvalue weighted by atomic mass is 10.2. The molecule has 1 aliphatic heterocycles. The Balaban J connectivity index is 2.41. The minimum atomic E-state index is -0.449. The number of nitrogens with one attached hydrogen (secondary N) is 1. The lowest BCUT2D eigenvalue weighted by Crippen LogP contribution is -2.50. The van der Waals surface area contributed by atoms with Crippen LogP contribution in [-0.4, -0.2) is 18.5 Å². The van der Waals surface area contributed by atoms with E-state index in [2.05, 4.69) is 5.32 Å². The first-order chi connectivity index (χ1) is 7.58. The molecule has 1 aromatic rings. The third kappa shape index (κ3) is 2.13. The van der Waals surface area contributed by atoms with Crippen LogP contribution in [0.3, 0.4) is 0 Å². The molecule has 84 valence electrons. The zero-order valence-electron chi connectivity index (χ0n) is 8.17. The van der Waals surface area contributed by atoms with E-state index in [1.54, 1.807) is 6.07 Å². The van der Waals surface area contributed by atoms with E-state index in [0.717, 1.165) is 4.90 Å². The van der Waals surface area contributed by atoms with Gasteiger partial charge < -0.3 is 5.32 Å². The van der Waals surface area contributed by atoms with Crippen LogP contribution in [-0.2, 0) is 4.79 Å². The molecule has 1 aliphatic rings. The predicted molar refractivity (Wildman–Crippen MR) is 62.0 cm³/mol. The number of urea groups is 1. The lowest BCUT2D eigenvalue weighted by molar-refractivity contribution is -0.118. The molecule has 1 N–H and O–H groups in total. The first-order valence-electron chi connectivity index (χ1n) is 4.65. The van der Waals surface area contributed by atoms with Crippen molar-refractivity contribution in [2.45, 2.75) is 6.42 Å². The molecule has 0 aliphatic carbocycles. The van der Waals surface area contributed by atoms with Gasteiger partial charge in [0.2, 0.25) is 5.91 Å². The first kappa shape index (κ1) is 11.2. The molecule has 1 saturated heterocycles. The van der Waals surface area contributed by atoms with E-state index in [0.29, 0.717) is 22.3 Å². The van der Waals surface area contributed by atoms with Crippen LogP contribution in [0.25, 0.3) is 0 Å². The largest absolute Gasteiger partial charge is 0.337 e. The van der Waals surface area contributed by atoms with Crippen molar-refractivity contribution in [3.8, 4) is 0 Å². The summed E-state index contributed by atoms with van der Waals surface area (Å²) in [7, 11) is 0. The third-order valence-corrected chi connectivity index (χ3v) is 2.61. The second kappa shape index (κ2) is 4.31. The van der Waals surface area contributed by atoms with E-state index in [9.17, 15) is 9.59 Å². The molecule has 0 unspecified atom stereocenters. The summed E-state index contributed by atoms with van der Waals surface area (Å²) in [5, 5.41) is 3.35. The molecule has 0 bridgehead atoms. The number of hydrogen-bond donors (Lipinski definition) is 1. The average Bonchev–Trinajstić information content (AvgIpc) is 2.15. The number of halogens is 2. The van der Waals surface area contributed by atoms with E-state index in [-0.39, 0.29) is 12.3 Å². The quantitative estimate of drug-likeness (QED) is 0.842. The molecule has 0 aromatic heterocycles. The molecule has 2 rings (SSSR count). The summed E-state index contributed by atoms with van der Waals surface area (Å²) in [5.41, 5.74) is 0.389. The molecule has 0 radical (unpaired) electrons. The minimum absolute atomic E-state index is 0.262. The van der Waals surface area contributed by atoms with Gasteiger partial charge in [0.15, 0.2) is 0 Å².